The number of hydrogen-bond donors (Lipinski definition) is 2. The molecule has 0 aliphatic heterocycles. The Morgan fingerprint density at radius 1 is 1.43 bits per heavy atom. The Balaban J connectivity index is 0.00000400. The number of guanidine groups is 1. The van der Waals surface area contributed by atoms with Crippen LogP contribution in [0.4, 0.5) is 0 Å². The highest BCUT2D eigenvalue weighted by Gasteiger charge is 2.06. The molecule has 7 heteroatoms. The SMILES string of the molecule is CCOCCCNC(=NC)NCc1nc(C(C)C)cs1.I. The molecule has 0 aliphatic rings. The van der Waals surface area contributed by atoms with Gasteiger partial charge in [-0.15, -0.1) is 35.3 Å². The molecular weight excluding hydrogens is 399 g/mol. The Labute approximate surface area is 149 Å². The Morgan fingerprint density at radius 3 is 2.76 bits per heavy atom. The quantitative estimate of drug-likeness (QED) is 0.291. The van der Waals surface area contributed by atoms with Crippen LogP contribution in [0.3, 0.4) is 0 Å². The van der Waals surface area contributed by atoms with Crippen molar-refractivity contribution in [3.05, 3.63) is 16.1 Å². The third kappa shape index (κ3) is 8.57. The number of rotatable bonds is 8. The van der Waals surface area contributed by atoms with E-state index in [1.165, 1.54) is 0 Å². The van der Waals surface area contributed by atoms with Gasteiger partial charge in [0, 0.05) is 32.2 Å². The van der Waals surface area contributed by atoms with E-state index in [1.807, 2.05) is 6.92 Å². The predicted molar refractivity (Wildman–Crippen MR) is 101 cm³/mol. The van der Waals surface area contributed by atoms with Crippen molar-refractivity contribution in [3.8, 4) is 0 Å². The van der Waals surface area contributed by atoms with Gasteiger partial charge in [0.2, 0.25) is 0 Å². The first-order valence-electron chi connectivity index (χ1n) is 7.14. The van der Waals surface area contributed by atoms with Gasteiger partial charge in [-0.05, 0) is 19.3 Å². The second-order valence-corrected chi connectivity index (χ2v) is 5.67. The van der Waals surface area contributed by atoms with Gasteiger partial charge in [-0.3, -0.25) is 4.99 Å². The maximum absolute atomic E-state index is 5.29. The van der Waals surface area contributed by atoms with Crippen LogP contribution in [-0.2, 0) is 11.3 Å². The highest BCUT2D eigenvalue weighted by Crippen LogP contribution is 2.17. The van der Waals surface area contributed by atoms with Crippen LogP contribution in [0.5, 0.6) is 0 Å². The molecule has 21 heavy (non-hydrogen) atoms. The molecule has 122 valence electrons. The molecule has 0 aromatic carbocycles. The van der Waals surface area contributed by atoms with Crippen LogP contribution in [0.1, 0.15) is 43.8 Å². The van der Waals surface area contributed by atoms with Gasteiger partial charge in [0.15, 0.2) is 5.96 Å². The molecule has 0 saturated carbocycles. The number of ether oxygens (including phenoxy) is 1. The number of nitrogens with one attached hydrogen (secondary N) is 2. The van der Waals surface area contributed by atoms with E-state index in [4.69, 9.17) is 4.74 Å². The van der Waals surface area contributed by atoms with Crippen molar-refractivity contribution in [2.24, 2.45) is 4.99 Å². The van der Waals surface area contributed by atoms with Gasteiger partial charge >= 0.3 is 0 Å². The fourth-order valence-corrected chi connectivity index (χ4v) is 2.47. The highest BCUT2D eigenvalue weighted by molar-refractivity contribution is 14.0. The lowest BCUT2D eigenvalue weighted by Crippen LogP contribution is -2.37. The van der Waals surface area contributed by atoms with E-state index in [2.05, 4.69) is 39.8 Å². The van der Waals surface area contributed by atoms with Crippen molar-refractivity contribution in [3.63, 3.8) is 0 Å². The van der Waals surface area contributed by atoms with E-state index in [0.29, 0.717) is 12.5 Å². The summed E-state index contributed by atoms with van der Waals surface area (Å²) in [4.78, 5) is 8.78. The third-order valence-electron chi connectivity index (χ3n) is 2.75. The fourth-order valence-electron chi connectivity index (χ4n) is 1.58. The standard InChI is InChI=1S/C14H26N4OS.HI/c1-5-19-8-6-7-16-14(15-4)17-9-13-18-12(10-20-13)11(2)3;/h10-11H,5-9H2,1-4H3,(H2,15,16,17);1H. The van der Waals surface area contributed by atoms with Crippen molar-refractivity contribution in [1.29, 1.82) is 0 Å². The third-order valence-corrected chi connectivity index (χ3v) is 3.62. The molecule has 2 N–H and O–H groups in total. The van der Waals surface area contributed by atoms with Gasteiger partial charge in [0.25, 0.3) is 0 Å². The second-order valence-electron chi connectivity index (χ2n) is 4.72. The maximum Gasteiger partial charge on any atom is 0.191 e. The predicted octanol–water partition coefficient (Wildman–Crippen LogP) is 2.98. The zero-order valence-electron chi connectivity index (χ0n) is 13.3. The summed E-state index contributed by atoms with van der Waals surface area (Å²) in [6.45, 7) is 9.45. The van der Waals surface area contributed by atoms with Crippen LogP contribution < -0.4 is 10.6 Å². The molecule has 0 saturated heterocycles. The van der Waals surface area contributed by atoms with Crippen LogP contribution >= 0.6 is 35.3 Å². The summed E-state index contributed by atoms with van der Waals surface area (Å²) in [5.74, 6) is 1.29. The van der Waals surface area contributed by atoms with Crippen molar-refractivity contribution in [2.75, 3.05) is 26.8 Å². The molecule has 0 atom stereocenters. The second kappa shape index (κ2) is 12.2. The summed E-state index contributed by atoms with van der Waals surface area (Å²) >= 11 is 1.69. The zero-order valence-corrected chi connectivity index (χ0v) is 16.5. The Bertz CT molecular complexity index is 409. The molecule has 1 rings (SSSR count). The minimum absolute atomic E-state index is 0. The number of thiazole rings is 1. The highest BCUT2D eigenvalue weighted by atomic mass is 127. The number of aromatic nitrogens is 1. The van der Waals surface area contributed by atoms with Gasteiger partial charge in [-0.2, -0.15) is 0 Å². The lowest BCUT2D eigenvalue weighted by Gasteiger charge is -2.10. The molecular formula is C14H27IN4OS. The van der Waals surface area contributed by atoms with Gasteiger partial charge < -0.3 is 15.4 Å². The van der Waals surface area contributed by atoms with E-state index < -0.39 is 0 Å². The van der Waals surface area contributed by atoms with E-state index in [-0.39, 0.29) is 24.0 Å². The molecule has 0 spiro atoms. The number of halogens is 1. The van der Waals surface area contributed by atoms with E-state index in [1.54, 1.807) is 18.4 Å². The summed E-state index contributed by atoms with van der Waals surface area (Å²) in [7, 11) is 1.78. The van der Waals surface area contributed by atoms with Crippen LogP contribution in [0.15, 0.2) is 10.4 Å². The summed E-state index contributed by atoms with van der Waals surface area (Å²) < 4.78 is 5.29. The minimum atomic E-state index is 0. The molecule has 0 amide bonds. The lowest BCUT2D eigenvalue weighted by molar-refractivity contribution is 0.145. The van der Waals surface area contributed by atoms with E-state index >= 15 is 0 Å². The number of hydrogen-bond acceptors (Lipinski definition) is 4. The molecule has 0 unspecified atom stereocenters. The molecule has 0 radical (unpaired) electrons. The number of aliphatic imine (C=N–C) groups is 1. The monoisotopic (exact) mass is 426 g/mol. The van der Waals surface area contributed by atoms with Crippen LogP contribution in [-0.4, -0.2) is 37.7 Å². The first-order chi connectivity index (χ1) is 9.67. The van der Waals surface area contributed by atoms with Gasteiger partial charge in [0.1, 0.15) is 5.01 Å². The molecule has 0 aliphatic carbocycles. The average molecular weight is 426 g/mol. The fraction of sp³-hybridized carbons (Fsp3) is 0.714. The summed E-state index contributed by atoms with van der Waals surface area (Å²) in [5, 5.41) is 9.75. The summed E-state index contributed by atoms with van der Waals surface area (Å²) in [6, 6.07) is 0. The Hall–Kier alpha value is -0.410. The van der Waals surface area contributed by atoms with Gasteiger partial charge in [-0.25, -0.2) is 4.98 Å². The topological polar surface area (TPSA) is 58.5 Å². The van der Waals surface area contributed by atoms with E-state index in [0.717, 1.165) is 42.8 Å². The Kier molecular flexibility index (Phi) is 11.9. The average Bonchev–Trinajstić information content (AvgIpc) is 2.91. The largest absolute Gasteiger partial charge is 0.382 e. The maximum atomic E-state index is 5.29. The van der Waals surface area contributed by atoms with Crippen LogP contribution in [0, 0.1) is 0 Å². The van der Waals surface area contributed by atoms with Crippen molar-refractivity contribution in [1.82, 2.24) is 15.6 Å². The number of nitrogens with zero attached hydrogens (tertiary/aromatic N) is 2. The van der Waals surface area contributed by atoms with Gasteiger partial charge in [-0.1, -0.05) is 13.8 Å². The summed E-state index contributed by atoms with van der Waals surface area (Å²) in [5.41, 5.74) is 1.16. The van der Waals surface area contributed by atoms with Crippen molar-refractivity contribution in [2.45, 2.75) is 39.7 Å². The summed E-state index contributed by atoms with van der Waals surface area (Å²) in [6.07, 6.45) is 0.975. The van der Waals surface area contributed by atoms with Crippen molar-refractivity contribution < 1.29 is 4.74 Å². The minimum Gasteiger partial charge on any atom is -0.382 e. The molecule has 5 nitrogen and oxygen atoms in total. The zero-order chi connectivity index (χ0) is 14.8. The van der Waals surface area contributed by atoms with E-state index in [9.17, 15) is 0 Å². The first-order valence-corrected chi connectivity index (χ1v) is 8.01. The van der Waals surface area contributed by atoms with Crippen molar-refractivity contribution >= 4 is 41.3 Å². The van der Waals surface area contributed by atoms with Gasteiger partial charge in [0.05, 0.1) is 12.2 Å². The molecule has 0 bridgehead atoms. The Morgan fingerprint density at radius 2 is 2.19 bits per heavy atom. The normalized spacial score (nSPS) is 11.4. The molecule has 0 fully saturated rings. The molecule has 1 aromatic heterocycles. The lowest BCUT2D eigenvalue weighted by atomic mass is 10.2. The van der Waals surface area contributed by atoms with Crippen LogP contribution in [0.2, 0.25) is 0 Å². The molecule has 1 aromatic rings. The molecule has 1 heterocycles. The smallest absolute Gasteiger partial charge is 0.191 e. The first kappa shape index (κ1) is 20.6. The van der Waals surface area contributed by atoms with Crippen LogP contribution in [0.25, 0.3) is 0 Å².